The normalized spacial score (nSPS) is 17.0. The van der Waals surface area contributed by atoms with Gasteiger partial charge in [0.05, 0.1) is 18.2 Å². The highest BCUT2D eigenvalue weighted by Crippen LogP contribution is 2.45. The summed E-state index contributed by atoms with van der Waals surface area (Å²) in [5.74, 6) is -3.00. The quantitative estimate of drug-likeness (QED) is 0.203. The van der Waals surface area contributed by atoms with E-state index in [0.717, 1.165) is 28.9 Å². The molecule has 45 heavy (non-hydrogen) atoms. The highest BCUT2D eigenvalue weighted by molar-refractivity contribution is 5.80. The molecule has 244 valence electrons. The van der Waals surface area contributed by atoms with Crippen molar-refractivity contribution in [2.45, 2.75) is 92.1 Å². The van der Waals surface area contributed by atoms with E-state index in [0.29, 0.717) is 37.4 Å². The Balaban J connectivity index is 1.67. The van der Waals surface area contributed by atoms with Gasteiger partial charge in [0.1, 0.15) is 23.1 Å². The summed E-state index contributed by atoms with van der Waals surface area (Å²) < 4.78 is 52.5. The Morgan fingerprint density at radius 2 is 1.76 bits per heavy atom. The van der Waals surface area contributed by atoms with Gasteiger partial charge in [0.15, 0.2) is 0 Å². The van der Waals surface area contributed by atoms with E-state index in [4.69, 9.17) is 9.47 Å². The second-order valence-corrected chi connectivity index (χ2v) is 11.8. The largest absolute Gasteiger partial charge is 0.495 e. The summed E-state index contributed by atoms with van der Waals surface area (Å²) in [4.78, 5) is 35.2. The Labute approximate surface area is 260 Å². The van der Waals surface area contributed by atoms with Crippen molar-refractivity contribution in [1.29, 1.82) is 0 Å². The molecular weight excluding hydrogens is 593 g/mol. The van der Waals surface area contributed by atoms with Gasteiger partial charge in [-0.3, -0.25) is 9.58 Å². The minimum Gasteiger partial charge on any atom is -0.489 e. The van der Waals surface area contributed by atoms with Crippen LogP contribution in [0.15, 0.2) is 48.7 Å². The zero-order valence-electron chi connectivity index (χ0n) is 26.3. The molecule has 4 rings (SSSR count). The number of nitrogens with zero attached hydrogens (tertiary/aromatic N) is 4. The predicted octanol–water partition coefficient (Wildman–Crippen LogP) is 5.80. The fraction of sp³-hybridized carbons (Fsp3) is 0.500. The summed E-state index contributed by atoms with van der Waals surface area (Å²) in [7, 11) is 0. The monoisotopic (exact) mass is 632 g/mol. The van der Waals surface area contributed by atoms with E-state index in [2.05, 4.69) is 31.9 Å². The smallest absolute Gasteiger partial charge is 0.489 e. The Morgan fingerprint density at radius 3 is 2.42 bits per heavy atom. The van der Waals surface area contributed by atoms with Crippen molar-refractivity contribution in [3.63, 3.8) is 0 Å². The van der Waals surface area contributed by atoms with E-state index in [-0.39, 0.29) is 12.7 Å². The summed E-state index contributed by atoms with van der Waals surface area (Å²) in [6.45, 7) is 12.9. The molecule has 1 aliphatic heterocycles. The Hall–Kier alpha value is -3.97. The summed E-state index contributed by atoms with van der Waals surface area (Å²) >= 11 is 0. The van der Waals surface area contributed by atoms with Crippen LogP contribution in [0.2, 0.25) is 0 Å². The third-order valence-electron chi connectivity index (χ3n) is 8.42. The average Bonchev–Trinajstić information content (AvgIpc) is 3.39. The highest BCUT2D eigenvalue weighted by atomic mass is 19.4. The van der Waals surface area contributed by atoms with Crippen molar-refractivity contribution in [1.82, 2.24) is 19.9 Å². The molecule has 10 nitrogen and oxygen atoms in total. The van der Waals surface area contributed by atoms with Crippen LogP contribution in [0.3, 0.4) is 0 Å². The maximum atomic E-state index is 13.3. The fourth-order valence-corrected chi connectivity index (χ4v) is 5.10. The number of alkyl halides is 3. The molecule has 3 aromatic rings. The Bertz CT molecular complexity index is 1510. The molecule has 2 aromatic carbocycles. The van der Waals surface area contributed by atoms with Crippen molar-refractivity contribution in [2.75, 3.05) is 6.54 Å². The lowest BCUT2D eigenvalue weighted by atomic mass is 9.71. The van der Waals surface area contributed by atoms with Gasteiger partial charge in [-0.05, 0) is 63.8 Å². The topological polar surface area (TPSA) is 105 Å². The first-order valence-corrected chi connectivity index (χ1v) is 14.8. The zero-order valence-corrected chi connectivity index (χ0v) is 26.3. The van der Waals surface area contributed by atoms with Crippen LogP contribution in [0.4, 0.5) is 13.2 Å². The van der Waals surface area contributed by atoms with Crippen LogP contribution in [0, 0.1) is 12.3 Å². The van der Waals surface area contributed by atoms with Gasteiger partial charge in [-0.15, -0.1) is 5.10 Å². The van der Waals surface area contributed by atoms with Crippen molar-refractivity contribution in [3.05, 3.63) is 76.6 Å². The summed E-state index contributed by atoms with van der Waals surface area (Å²) in [5, 5.41) is 8.13. The van der Waals surface area contributed by atoms with Gasteiger partial charge in [0.2, 0.25) is 0 Å². The van der Waals surface area contributed by atoms with E-state index >= 15 is 0 Å². The van der Waals surface area contributed by atoms with Crippen molar-refractivity contribution >= 4 is 11.9 Å². The number of hydrogen-bond acceptors (Lipinski definition) is 9. The molecule has 1 aromatic heterocycles. The molecular formula is C32H39F3N4O6. The lowest BCUT2D eigenvalue weighted by molar-refractivity contribution is -0.296. The molecule has 0 radical (unpaired) electrons. The third-order valence-corrected chi connectivity index (χ3v) is 8.42. The molecule has 0 saturated carbocycles. The molecule has 0 N–H and O–H groups in total. The number of carbonyl (C=O) groups is 2. The maximum Gasteiger partial charge on any atom is 0.495 e. The van der Waals surface area contributed by atoms with Crippen LogP contribution >= 0.6 is 0 Å². The summed E-state index contributed by atoms with van der Waals surface area (Å²) in [6.07, 6.45) is -2.82. The number of halogens is 3. The minimum atomic E-state index is -5.34. The Morgan fingerprint density at radius 1 is 1.04 bits per heavy atom. The lowest BCUT2D eigenvalue weighted by Crippen LogP contribution is -2.48. The zero-order chi connectivity index (χ0) is 33.0. The molecule has 0 unspecified atom stereocenters. The van der Waals surface area contributed by atoms with Gasteiger partial charge in [-0.25, -0.2) is 19.4 Å². The van der Waals surface area contributed by atoms with E-state index in [1.165, 1.54) is 13.8 Å². The van der Waals surface area contributed by atoms with Gasteiger partial charge >= 0.3 is 18.1 Å². The van der Waals surface area contributed by atoms with Crippen molar-refractivity contribution in [2.24, 2.45) is 5.41 Å². The van der Waals surface area contributed by atoms with Crippen molar-refractivity contribution in [3.8, 4) is 5.75 Å². The standard InChI is InChI=1S/C32H39F3N4O6/c1-7-26-19-38(16-22-11-9-10-12-27(22)43-26)17-23-15-24(14-13-21(23)3)31(6,42-20-25-18-39(8-2)37-36-25)30(4,5)28(40)44-45-29(41)32(33,34)35/h9-15,18,26H,7-8,16-17,19-20H2,1-6H3/t26-,31-/m1/s1. The first-order chi connectivity index (χ1) is 21.2. The number of ether oxygens (including phenoxy) is 2. The highest BCUT2D eigenvalue weighted by Gasteiger charge is 2.52. The minimum absolute atomic E-state index is 0.00427. The molecule has 2 heterocycles. The van der Waals surface area contributed by atoms with Crippen LogP contribution in [0.5, 0.6) is 5.75 Å². The van der Waals surface area contributed by atoms with Gasteiger partial charge in [0, 0.05) is 31.7 Å². The summed E-state index contributed by atoms with van der Waals surface area (Å²) in [5.41, 5.74) is 0.931. The first kappa shape index (κ1) is 33.9. The number of aryl methyl sites for hydroxylation is 2. The van der Waals surface area contributed by atoms with Gasteiger partial charge < -0.3 is 9.47 Å². The number of hydrogen-bond donors (Lipinski definition) is 0. The average molecular weight is 633 g/mol. The molecule has 13 heteroatoms. The van der Waals surface area contributed by atoms with E-state index in [1.54, 1.807) is 23.9 Å². The van der Waals surface area contributed by atoms with Gasteiger partial charge in [-0.1, -0.05) is 48.5 Å². The fourth-order valence-electron chi connectivity index (χ4n) is 5.10. The SMILES string of the molecule is CC[C@@H]1CN(Cc2cc([C@@](C)(OCc3cn(CC)nn3)C(C)(C)C(=O)OOC(=O)C(F)(F)F)ccc2C)Cc2ccccc2O1. The van der Waals surface area contributed by atoms with Crippen LogP contribution in [-0.2, 0) is 55.9 Å². The molecule has 0 spiro atoms. The molecule has 2 atom stereocenters. The molecule has 0 fully saturated rings. The number of benzene rings is 2. The van der Waals surface area contributed by atoms with Crippen LogP contribution in [-0.4, -0.2) is 50.7 Å². The van der Waals surface area contributed by atoms with Crippen LogP contribution in [0.25, 0.3) is 0 Å². The van der Waals surface area contributed by atoms with Crippen LogP contribution in [0.1, 0.15) is 69.0 Å². The number of aromatic nitrogens is 3. The number of para-hydroxylation sites is 1. The molecule has 0 bridgehead atoms. The van der Waals surface area contributed by atoms with Gasteiger partial charge in [-0.2, -0.15) is 13.2 Å². The number of carbonyl (C=O) groups excluding carboxylic acids is 2. The third kappa shape index (κ3) is 7.64. The molecule has 1 aliphatic rings. The van der Waals surface area contributed by atoms with E-state index in [9.17, 15) is 22.8 Å². The van der Waals surface area contributed by atoms with Crippen LogP contribution < -0.4 is 4.74 Å². The second-order valence-electron chi connectivity index (χ2n) is 11.8. The van der Waals surface area contributed by atoms with E-state index in [1.807, 2.05) is 50.2 Å². The lowest BCUT2D eigenvalue weighted by Gasteiger charge is -2.42. The number of fused-ring (bicyclic) bond motifs is 1. The second kappa shape index (κ2) is 13.6. The molecule has 0 saturated heterocycles. The van der Waals surface area contributed by atoms with Gasteiger partial charge in [0.25, 0.3) is 0 Å². The van der Waals surface area contributed by atoms with E-state index < -0.39 is 29.1 Å². The van der Waals surface area contributed by atoms with Crippen molar-refractivity contribution < 1.29 is 42.0 Å². The first-order valence-electron chi connectivity index (χ1n) is 14.8. The Kier molecular flexibility index (Phi) is 10.2. The number of rotatable bonds is 10. The summed E-state index contributed by atoms with van der Waals surface area (Å²) in [6, 6.07) is 13.6. The molecule has 0 aliphatic carbocycles. The maximum absolute atomic E-state index is 13.3. The molecule has 0 amide bonds. The predicted molar refractivity (Wildman–Crippen MR) is 156 cm³/mol.